The van der Waals surface area contributed by atoms with Gasteiger partial charge in [-0.25, -0.2) is 17.6 Å². The fraction of sp³-hybridized carbons (Fsp3) is 0.667. The number of unbranched alkanes of at least 4 members (excludes halogenated alkanes) is 5. The Hall–Kier alpha value is -2.05. The number of esters is 1. The summed E-state index contributed by atoms with van der Waals surface area (Å²) in [5.74, 6) is -2.74. The number of ether oxygens (including phenoxy) is 3. The van der Waals surface area contributed by atoms with E-state index in [0.29, 0.717) is 12.0 Å². The molecule has 3 atom stereocenters. The molecule has 1 aromatic rings. The third kappa shape index (κ3) is 7.53. The maximum absolute atomic E-state index is 14.0. The lowest BCUT2D eigenvalue weighted by molar-refractivity contribution is -0.154. The van der Waals surface area contributed by atoms with Gasteiger partial charge in [0.15, 0.2) is 5.79 Å². The van der Waals surface area contributed by atoms with Crippen molar-refractivity contribution >= 4 is 21.7 Å². The second-order valence-corrected chi connectivity index (χ2v) is 11.7. The normalized spacial score (nSPS) is 22.9. The van der Waals surface area contributed by atoms with Crippen molar-refractivity contribution in [3.8, 4) is 0 Å². The third-order valence-electron chi connectivity index (χ3n) is 6.96. The van der Waals surface area contributed by atoms with E-state index in [2.05, 4.69) is 11.6 Å². The Kier molecular flexibility index (Phi) is 11.1. The maximum Gasteiger partial charge on any atom is 0.335 e. The molecular formula is C27H40FNO8S. The van der Waals surface area contributed by atoms with Gasteiger partial charge in [0.25, 0.3) is 0 Å². The van der Waals surface area contributed by atoms with Crippen LogP contribution in [0, 0.1) is 5.82 Å². The van der Waals surface area contributed by atoms with E-state index in [1.165, 1.54) is 30.7 Å². The monoisotopic (exact) mass is 557 g/mol. The molecule has 2 aliphatic rings. The van der Waals surface area contributed by atoms with Gasteiger partial charge in [-0.1, -0.05) is 39.0 Å². The number of anilines is 1. The minimum atomic E-state index is -4.16. The van der Waals surface area contributed by atoms with Gasteiger partial charge in [-0.15, -0.1) is 0 Å². The van der Waals surface area contributed by atoms with Crippen molar-refractivity contribution in [3.05, 3.63) is 41.2 Å². The summed E-state index contributed by atoms with van der Waals surface area (Å²) in [5.41, 5.74) is 0.676. The number of sulfonamides is 1. The van der Waals surface area contributed by atoms with Gasteiger partial charge in [0.1, 0.15) is 23.3 Å². The van der Waals surface area contributed by atoms with Crippen molar-refractivity contribution in [1.29, 1.82) is 0 Å². The summed E-state index contributed by atoms with van der Waals surface area (Å²) in [6.45, 7) is 2.96. The number of hydrogen-bond acceptors (Lipinski definition) is 8. The second kappa shape index (κ2) is 13.8. The fourth-order valence-corrected chi connectivity index (χ4v) is 6.57. The van der Waals surface area contributed by atoms with Gasteiger partial charge in [-0.2, -0.15) is 0 Å². The minimum Gasteiger partial charge on any atom is -0.463 e. The fourth-order valence-electron chi connectivity index (χ4n) is 4.99. The molecule has 1 heterocycles. The van der Waals surface area contributed by atoms with Gasteiger partial charge in [0.2, 0.25) is 10.0 Å². The number of halogens is 1. The number of hydrogen-bond donors (Lipinski definition) is 3. The number of benzene rings is 1. The van der Waals surface area contributed by atoms with Crippen LogP contribution in [-0.4, -0.2) is 67.7 Å². The molecule has 3 rings (SSSR count). The molecule has 214 valence electrons. The van der Waals surface area contributed by atoms with E-state index in [0.717, 1.165) is 32.1 Å². The lowest BCUT2D eigenvalue weighted by Crippen LogP contribution is -2.43. The van der Waals surface area contributed by atoms with Crippen LogP contribution in [0.15, 0.2) is 29.8 Å². The standard InChI is InChI=1S/C27H40FNO8S/c1-3-5-6-7-8-9-10-19-15-20(28)11-12-22(19)29-38(33,34)25-13-14-27(16-21(25)26(32)35-4-2)36-23(17-30)24(18-31)37-27/h11-12,15-16,23-25,29-31H,3-10,13-14,17-18H2,1-2H3/t23-,24-,25?/m0/s1. The van der Waals surface area contributed by atoms with E-state index in [9.17, 15) is 27.8 Å². The van der Waals surface area contributed by atoms with Gasteiger partial charge in [-0.05, 0) is 56.0 Å². The van der Waals surface area contributed by atoms with E-state index in [1.54, 1.807) is 6.92 Å². The van der Waals surface area contributed by atoms with Crippen LogP contribution in [-0.2, 0) is 35.4 Å². The molecule has 1 fully saturated rings. The molecule has 0 bridgehead atoms. The highest BCUT2D eigenvalue weighted by atomic mass is 32.2. The number of aryl methyl sites for hydroxylation is 1. The van der Waals surface area contributed by atoms with Crippen LogP contribution in [0.25, 0.3) is 0 Å². The molecule has 0 amide bonds. The zero-order chi connectivity index (χ0) is 27.8. The van der Waals surface area contributed by atoms with Crippen LogP contribution >= 0.6 is 0 Å². The maximum atomic E-state index is 14.0. The predicted molar refractivity (Wildman–Crippen MR) is 140 cm³/mol. The second-order valence-electron chi connectivity index (χ2n) is 9.80. The molecule has 0 saturated carbocycles. The number of aliphatic hydroxyl groups excluding tert-OH is 2. The minimum absolute atomic E-state index is 0.0317. The average Bonchev–Trinajstić information content (AvgIpc) is 3.24. The molecule has 0 radical (unpaired) electrons. The van der Waals surface area contributed by atoms with Crippen LogP contribution in [0.4, 0.5) is 10.1 Å². The molecule has 1 aromatic carbocycles. The molecule has 1 aliphatic carbocycles. The summed E-state index contributed by atoms with van der Waals surface area (Å²) in [6, 6.07) is 3.94. The Bertz CT molecular complexity index is 1060. The lowest BCUT2D eigenvalue weighted by atomic mass is 9.94. The molecule has 1 spiro atoms. The summed E-state index contributed by atoms with van der Waals surface area (Å²) in [4.78, 5) is 12.9. The summed E-state index contributed by atoms with van der Waals surface area (Å²) in [7, 11) is -4.16. The van der Waals surface area contributed by atoms with E-state index in [-0.39, 0.29) is 30.7 Å². The van der Waals surface area contributed by atoms with Crippen LogP contribution in [0.2, 0.25) is 0 Å². The van der Waals surface area contributed by atoms with Crippen molar-refractivity contribution in [2.24, 2.45) is 0 Å². The summed E-state index contributed by atoms with van der Waals surface area (Å²) >= 11 is 0. The topological polar surface area (TPSA) is 131 Å². The molecule has 1 aliphatic heterocycles. The van der Waals surface area contributed by atoms with Crippen molar-refractivity contribution < 1.29 is 42.0 Å². The Morgan fingerprint density at radius 3 is 2.39 bits per heavy atom. The summed E-state index contributed by atoms with van der Waals surface area (Å²) in [6.07, 6.45) is 6.47. The number of aliphatic hydroxyl groups is 2. The summed E-state index contributed by atoms with van der Waals surface area (Å²) in [5, 5.41) is 17.9. The molecule has 9 nitrogen and oxygen atoms in total. The van der Waals surface area contributed by atoms with E-state index in [4.69, 9.17) is 14.2 Å². The van der Waals surface area contributed by atoms with Gasteiger partial charge in [-0.3, -0.25) is 4.72 Å². The Balaban J connectivity index is 1.83. The van der Waals surface area contributed by atoms with Crippen LogP contribution < -0.4 is 4.72 Å². The van der Waals surface area contributed by atoms with E-state index >= 15 is 0 Å². The molecular weight excluding hydrogens is 517 g/mol. The first kappa shape index (κ1) is 30.5. The van der Waals surface area contributed by atoms with Gasteiger partial charge in [0.05, 0.1) is 31.1 Å². The van der Waals surface area contributed by atoms with Crippen molar-refractivity contribution in [2.45, 2.75) is 94.9 Å². The number of carbonyl (C=O) groups excluding carboxylic acids is 1. The first-order valence-corrected chi connectivity index (χ1v) is 15.0. The average molecular weight is 558 g/mol. The largest absolute Gasteiger partial charge is 0.463 e. The predicted octanol–water partition coefficient (Wildman–Crippen LogP) is 3.59. The van der Waals surface area contributed by atoms with Gasteiger partial charge in [0, 0.05) is 6.42 Å². The first-order chi connectivity index (χ1) is 18.2. The number of rotatable bonds is 14. The summed E-state index contributed by atoms with van der Waals surface area (Å²) < 4.78 is 60.6. The Morgan fingerprint density at radius 1 is 1.11 bits per heavy atom. The zero-order valence-corrected chi connectivity index (χ0v) is 23.0. The molecule has 1 unspecified atom stereocenters. The lowest BCUT2D eigenvalue weighted by Gasteiger charge is -2.33. The van der Waals surface area contributed by atoms with Crippen molar-refractivity contribution in [1.82, 2.24) is 0 Å². The quantitative estimate of drug-likeness (QED) is 0.234. The molecule has 11 heteroatoms. The van der Waals surface area contributed by atoms with Crippen LogP contribution in [0.5, 0.6) is 0 Å². The first-order valence-electron chi connectivity index (χ1n) is 13.5. The Morgan fingerprint density at radius 2 is 1.76 bits per heavy atom. The third-order valence-corrected chi connectivity index (χ3v) is 8.70. The molecule has 38 heavy (non-hydrogen) atoms. The SMILES string of the molecule is CCCCCCCCc1cc(F)ccc1NS(=O)(=O)C1CCC2(C=C1C(=O)OCC)O[C@@H](CO)[C@H](CO)O2. The highest BCUT2D eigenvalue weighted by Crippen LogP contribution is 2.41. The number of carbonyl (C=O) groups is 1. The van der Waals surface area contributed by atoms with Gasteiger partial charge >= 0.3 is 5.97 Å². The molecule has 3 N–H and O–H groups in total. The zero-order valence-electron chi connectivity index (χ0n) is 22.2. The molecule has 1 saturated heterocycles. The van der Waals surface area contributed by atoms with Gasteiger partial charge < -0.3 is 24.4 Å². The highest BCUT2D eigenvalue weighted by molar-refractivity contribution is 7.93. The van der Waals surface area contributed by atoms with E-state index in [1.807, 2.05) is 0 Å². The van der Waals surface area contributed by atoms with Crippen LogP contribution in [0.3, 0.4) is 0 Å². The van der Waals surface area contributed by atoms with Crippen molar-refractivity contribution in [3.63, 3.8) is 0 Å². The Labute approximate surface area is 224 Å². The highest BCUT2D eigenvalue weighted by Gasteiger charge is 2.51. The van der Waals surface area contributed by atoms with Crippen LogP contribution in [0.1, 0.15) is 70.8 Å². The smallest absolute Gasteiger partial charge is 0.335 e. The van der Waals surface area contributed by atoms with E-state index < -0.39 is 58.3 Å². The van der Waals surface area contributed by atoms with Crippen molar-refractivity contribution in [2.75, 3.05) is 24.5 Å². The molecule has 0 aromatic heterocycles. The number of nitrogens with one attached hydrogen (secondary N) is 1.